The molecule has 0 fully saturated rings. The van der Waals surface area contributed by atoms with Crippen LogP contribution in [0, 0.1) is 5.92 Å². The summed E-state index contributed by atoms with van der Waals surface area (Å²) in [5, 5.41) is 0. The number of rotatable bonds is 32. The molecule has 0 aromatic heterocycles. The van der Waals surface area contributed by atoms with Crippen LogP contribution in [0.2, 0.25) is 0 Å². The van der Waals surface area contributed by atoms with E-state index >= 15 is 0 Å². The van der Waals surface area contributed by atoms with Crippen molar-refractivity contribution < 1.29 is 47.4 Å². The highest BCUT2D eigenvalue weighted by Gasteiger charge is 1.98. The second-order valence-corrected chi connectivity index (χ2v) is 7.85. The molecule has 0 saturated heterocycles. The summed E-state index contributed by atoms with van der Waals surface area (Å²) in [6, 6.07) is 0. The zero-order valence-electron chi connectivity index (χ0n) is 22.8. The van der Waals surface area contributed by atoms with Gasteiger partial charge in [-0.25, -0.2) is 0 Å². The van der Waals surface area contributed by atoms with Crippen molar-refractivity contribution in [3.63, 3.8) is 0 Å². The molecule has 1 atom stereocenters. The standard InChI is InChI=1S/C26H52O10/c1-4-6-27-7-8-28-9-10-29-11-12-30-13-14-31-15-16-32-17-18-33-19-20-34-21-22-35-23-24-36-25-26(3)5-2/h4,26H,1,5-25H2,2-3H3. The summed E-state index contributed by atoms with van der Waals surface area (Å²) in [6.45, 7) is 19.2. The third-order valence-corrected chi connectivity index (χ3v) is 4.68. The molecule has 0 radical (unpaired) electrons. The Kier molecular flexibility index (Phi) is 31.8. The van der Waals surface area contributed by atoms with Gasteiger partial charge in [0.1, 0.15) is 0 Å². The predicted octanol–water partition coefficient (Wildman–Crippen LogP) is 2.38. The van der Waals surface area contributed by atoms with Gasteiger partial charge in [0.15, 0.2) is 0 Å². The van der Waals surface area contributed by atoms with Gasteiger partial charge in [-0.3, -0.25) is 0 Å². The first-order valence-electron chi connectivity index (χ1n) is 13.2. The maximum absolute atomic E-state index is 5.52. The van der Waals surface area contributed by atoms with E-state index < -0.39 is 0 Å². The van der Waals surface area contributed by atoms with Gasteiger partial charge in [-0.1, -0.05) is 26.3 Å². The van der Waals surface area contributed by atoms with Crippen molar-refractivity contribution in [3.05, 3.63) is 12.7 Å². The molecule has 0 amide bonds. The molecule has 10 nitrogen and oxygen atoms in total. The van der Waals surface area contributed by atoms with Crippen LogP contribution in [0.25, 0.3) is 0 Å². The van der Waals surface area contributed by atoms with E-state index in [4.69, 9.17) is 47.4 Å². The van der Waals surface area contributed by atoms with E-state index in [0.29, 0.717) is 131 Å². The lowest BCUT2D eigenvalue weighted by molar-refractivity contribution is -0.0265. The van der Waals surface area contributed by atoms with Crippen molar-refractivity contribution in [2.75, 3.05) is 132 Å². The van der Waals surface area contributed by atoms with Gasteiger partial charge in [-0.2, -0.15) is 0 Å². The van der Waals surface area contributed by atoms with Gasteiger partial charge in [0.25, 0.3) is 0 Å². The van der Waals surface area contributed by atoms with Gasteiger partial charge in [-0.05, 0) is 5.92 Å². The van der Waals surface area contributed by atoms with Crippen LogP contribution in [0.4, 0.5) is 0 Å². The largest absolute Gasteiger partial charge is 0.379 e. The highest BCUT2D eigenvalue weighted by molar-refractivity contribution is 4.63. The lowest BCUT2D eigenvalue weighted by atomic mass is 10.1. The topological polar surface area (TPSA) is 92.3 Å². The van der Waals surface area contributed by atoms with E-state index in [1.165, 1.54) is 0 Å². The molecule has 1 unspecified atom stereocenters. The van der Waals surface area contributed by atoms with Crippen LogP contribution in [0.3, 0.4) is 0 Å². The number of hydrogen-bond acceptors (Lipinski definition) is 10. The quantitative estimate of drug-likeness (QED) is 0.0965. The van der Waals surface area contributed by atoms with Crippen LogP contribution < -0.4 is 0 Å². The maximum atomic E-state index is 5.52. The van der Waals surface area contributed by atoms with E-state index in [9.17, 15) is 0 Å². The maximum Gasteiger partial charge on any atom is 0.0704 e. The van der Waals surface area contributed by atoms with Crippen molar-refractivity contribution in [2.45, 2.75) is 20.3 Å². The first-order chi connectivity index (χ1) is 17.8. The SMILES string of the molecule is C=CCOCCOCCOCCOCCOCCOCCOCCOCCOCCOCC(C)CC. The van der Waals surface area contributed by atoms with E-state index in [1.54, 1.807) is 6.08 Å². The minimum Gasteiger partial charge on any atom is -0.379 e. The predicted molar refractivity (Wildman–Crippen MR) is 138 cm³/mol. The Morgan fingerprint density at radius 2 is 0.694 bits per heavy atom. The zero-order chi connectivity index (χ0) is 26.2. The molecule has 36 heavy (non-hydrogen) atoms. The average molecular weight is 525 g/mol. The molecule has 0 aliphatic rings. The molecule has 0 spiro atoms. The number of hydrogen-bond donors (Lipinski definition) is 0. The molecule has 0 aromatic rings. The second kappa shape index (κ2) is 32.4. The van der Waals surface area contributed by atoms with E-state index in [1.807, 2.05) is 0 Å². The van der Waals surface area contributed by atoms with Gasteiger partial charge < -0.3 is 47.4 Å². The highest BCUT2D eigenvalue weighted by atomic mass is 16.6. The Labute approximate surface area is 218 Å². The Balaban J connectivity index is 3.03. The molecule has 0 aromatic carbocycles. The first-order valence-corrected chi connectivity index (χ1v) is 13.2. The van der Waals surface area contributed by atoms with Crippen LogP contribution in [-0.4, -0.2) is 132 Å². The van der Waals surface area contributed by atoms with Gasteiger partial charge in [0, 0.05) is 6.61 Å². The van der Waals surface area contributed by atoms with E-state index in [0.717, 1.165) is 13.0 Å². The molecule has 0 aliphatic carbocycles. The Bertz CT molecular complexity index is 414. The van der Waals surface area contributed by atoms with Gasteiger partial charge in [0.05, 0.1) is 126 Å². The lowest BCUT2D eigenvalue weighted by Gasteiger charge is -2.10. The molecular weight excluding hydrogens is 472 g/mol. The minimum absolute atomic E-state index is 0.527. The van der Waals surface area contributed by atoms with Crippen LogP contribution in [-0.2, 0) is 47.4 Å². The second-order valence-electron chi connectivity index (χ2n) is 7.85. The normalized spacial score (nSPS) is 12.3. The lowest BCUT2D eigenvalue weighted by Crippen LogP contribution is -2.15. The van der Waals surface area contributed by atoms with Crippen molar-refractivity contribution in [1.82, 2.24) is 0 Å². The summed E-state index contributed by atoms with van der Waals surface area (Å²) in [5.74, 6) is 0.602. The van der Waals surface area contributed by atoms with Gasteiger partial charge in [-0.15, -0.1) is 6.58 Å². The third-order valence-electron chi connectivity index (χ3n) is 4.68. The van der Waals surface area contributed by atoms with Crippen molar-refractivity contribution in [3.8, 4) is 0 Å². The van der Waals surface area contributed by atoms with E-state index in [2.05, 4.69) is 20.4 Å². The van der Waals surface area contributed by atoms with Crippen LogP contribution in [0.5, 0.6) is 0 Å². The summed E-state index contributed by atoms with van der Waals surface area (Å²) in [6.07, 6.45) is 2.85. The Hall–Kier alpha value is -0.660. The average Bonchev–Trinajstić information content (AvgIpc) is 2.89. The Morgan fingerprint density at radius 1 is 0.444 bits per heavy atom. The molecule has 0 saturated carbocycles. The fourth-order valence-corrected chi connectivity index (χ4v) is 2.45. The minimum atomic E-state index is 0.527. The smallest absolute Gasteiger partial charge is 0.0704 e. The fourth-order valence-electron chi connectivity index (χ4n) is 2.45. The molecule has 10 heteroatoms. The summed E-state index contributed by atoms with van der Waals surface area (Å²) >= 11 is 0. The molecular formula is C26H52O10. The van der Waals surface area contributed by atoms with Crippen molar-refractivity contribution >= 4 is 0 Å². The fraction of sp³-hybridized carbons (Fsp3) is 0.923. The molecule has 216 valence electrons. The molecule has 0 heterocycles. The van der Waals surface area contributed by atoms with Crippen LogP contribution in [0.1, 0.15) is 20.3 Å². The summed E-state index contributed by atoms with van der Waals surface area (Å²) < 4.78 is 54.2. The highest BCUT2D eigenvalue weighted by Crippen LogP contribution is 1.99. The molecule has 0 bridgehead atoms. The summed E-state index contributed by atoms with van der Waals surface area (Å²) in [5.41, 5.74) is 0. The van der Waals surface area contributed by atoms with Gasteiger partial charge in [0.2, 0.25) is 0 Å². The Morgan fingerprint density at radius 3 is 0.944 bits per heavy atom. The molecule has 0 rings (SSSR count). The zero-order valence-corrected chi connectivity index (χ0v) is 22.8. The summed E-state index contributed by atoms with van der Waals surface area (Å²) in [7, 11) is 0. The molecule has 0 aliphatic heterocycles. The monoisotopic (exact) mass is 524 g/mol. The third kappa shape index (κ3) is 31.4. The van der Waals surface area contributed by atoms with Gasteiger partial charge >= 0.3 is 0 Å². The molecule has 0 N–H and O–H groups in total. The van der Waals surface area contributed by atoms with Crippen molar-refractivity contribution in [1.29, 1.82) is 0 Å². The number of ether oxygens (including phenoxy) is 10. The van der Waals surface area contributed by atoms with Crippen LogP contribution >= 0.6 is 0 Å². The summed E-state index contributed by atoms with van der Waals surface area (Å²) in [4.78, 5) is 0. The van der Waals surface area contributed by atoms with E-state index in [-0.39, 0.29) is 0 Å². The van der Waals surface area contributed by atoms with Crippen LogP contribution in [0.15, 0.2) is 12.7 Å². The van der Waals surface area contributed by atoms with Crippen molar-refractivity contribution in [2.24, 2.45) is 5.92 Å². The first kappa shape index (κ1) is 35.3.